The van der Waals surface area contributed by atoms with Crippen LogP contribution < -0.4 is 0 Å². The Bertz CT molecular complexity index is 1000. The molecule has 0 aliphatic carbocycles. The summed E-state index contributed by atoms with van der Waals surface area (Å²) in [6.45, 7) is 3.40. The third kappa shape index (κ3) is 5.16. The highest BCUT2D eigenvalue weighted by Crippen LogP contribution is 2.29. The molecule has 164 valence electrons. The maximum atomic E-state index is 13.2. The van der Waals surface area contributed by atoms with Crippen molar-refractivity contribution in [3.05, 3.63) is 53.2 Å². The molecule has 1 aliphatic rings. The third-order valence-electron chi connectivity index (χ3n) is 5.52. The molecule has 1 saturated heterocycles. The van der Waals surface area contributed by atoms with Crippen molar-refractivity contribution in [2.45, 2.75) is 43.6 Å². The molecule has 9 heteroatoms. The molecule has 0 spiro atoms. The number of rotatable bonds is 8. The molecule has 1 amide bonds. The van der Waals surface area contributed by atoms with Gasteiger partial charge in [0.2, 0.25) is 5.91 Å². The summed E-state index contributed by atoms with van der Waals surface area (Å²) in [6.07, 6.45) is 2.22. The van der Waals surface area contributed by atoms with Crippen LogP contribution in [0.5, 0.6) is 0 Å². The quantitative estimate of drug-likeness (QED) is 0.459. The van der Waals surface area contributed by atoms with Gasteiger partial charge in [-0.3, -0.25) is 9.36 Å². The van der Waals surface area contributed by atoms with Gasteiger partial charge < -0.3 is 9.64 Å². The Morgan fingerprint density at radius 3 is 2.84 bits per heavy atom. The lowest BCUT2D eigenvalue weighted by Crippen LogP contribution is -2.31. The zero-order valence-electron chi connectivity index (χ0n) is 17.5. The molecule has 3 heterocycles. The summed E-state index contributed by atoms with van der Waals surface area (Å²) in [4.78, 5) is 15.6. The Labute approximate surface area is 189 Å². The second-order valence-electron chi connectivity index (χ2n) is 7.55. The van der Waals surface area contributed by atoms with Crippen LogP contribution in [0, 0.1) is 5.82 Å². The first-order chi connectivity index (χ1) is 15.0. The Balaban J connectivity index is 1.45. The molecule has 1 aliphatic heterocycles. The Morgan fingerprint density at radius 1 is 1.35 bits per heavy atom. The molecule has 2 aromatic heterocycles. The molecule has 4 rings (SSSR count). The van der Waals surface area contributed by atoms with Crippen LogP contribution in [0.3, 0.4) is 0 Å². The monoisotopic (exact) mass is 460 g/mol. The van der Waals surface area contributed by atoms with Gasteiger partial charge in [-0.15, -0.1) is 21.5 Å². The smallest absolute Gasteiger partial charge is 0.233 e. The lowest BCUT2D eigenvalue weighted by Gasteiger charge is -2.25. The van der Waals surface area contributed by atoms with E-state index >= 15 is 0 Å². The second kappa shape index (κ2) is 9.93. The van der Waals surface area contributed by atoms with Gasteiger partial charge >= 0.3 is 0 Å². The highest BCUT2D eigenvalue weighted by molar-refractivity contribution is 7.99. The molecule has 1 fully saturated rings. The number of amides is 1. The maximum absolute atomic E-state index is 13.2. The van der Waals surface area contributed by atoms with Crippen LogP contribution in [0.4, 0.5) is 4.39 Å². The molecule has 0 radical (unpaired) electrons. The molecule has 0 N–H and O–H groups in total. The molecular weight excluding hydrogens is 435 g/mol. The average molecular weight is 461 g/mol. The van der Waals surface area contributed by atoms with Crippen molar-refractivity contribution in [1.82, 2.24) is 19.7 Å². The summed E-state index contributed by atoms with van der Waals surface area (Å²) in [7, 11) is 1.77. The van der Waals surface area contributed by atoms with Crippen molar-refractivity contribution >= 4 is 29.0 Å². The van der Waals surface area contributed by atoms with Gasteiger partial charge in [0.05, 0.1) is 29.3 Å². The number of hydrogen-bond acceptors (Lipinski definition) is 6. The number of carbonyl (C=O) groups is 1. The zero-order valence-corrected chi connectivity index (χ0v) is 19.2. The van der Waals surface area contributed by atoms with E-state index < -0.39 is 0 Å². The van der Waals surface area contributed by atoms with E-state index in [1.165, 1.54) is 23.9 Å². The fraction of sp³-hybridized carbons (Fsp3) is 0.409. The normalized spacial score (nSPS) is 17.1. The summed E-state index contributed by atoms with van der Waals surface area (Å²) >= 11 is 3.01. The van der Waals surface area contributed by atoms with E-state index in [1.54, 1.807) is 35.4 Å². The highest BCUT2D eigenvalue weighted by atomic mass is 32.2. The summed E-state index contributed by atoms with van der Waals surface area (Å²) in [5, 5.41) is 11.5. The molecular formula is C22H25FN4O2S2. The summed E-state index contributed by atoms with van der Waals surface area (Å²) in [6, 6.07) is 10.1. The van der Waals surface area contributed by atoms with Crippen LogP contribution in [-0.2, 0) is 16.1 Å². The first kappa shape index (κ1) is 22.0. The predicted molar refractivity (Wildman–Crippen MR) is 121 cm³/mol. The number of thiophene rings is 1. The summed E-state index contributed by atoms with van der Waals surface area (Å²) in [5.74, 6) is 0.753. The number of halogens is 1. The Kier molecular flexibility index (Phi) is 7.04. The molecule has 2 atom stereocenters. The largest absolute Gasteiger partial charge is 0.376 e. The van der Waals surface area contributed by atoms with Crippen molar-refractivity contribution in [3.63, 3.8) is 0 Å². The van der Waals surface area contributed by atoms with Crippen LogP contribution in [-0.4, -0.2) is 51.1 Å². The van der Waals surface area contributed by atoms with Gasteiger partial charge in [0.15, 0.2) is 11.0 Å². The van der Waals surface area contributed by atoms with E-state index in [9.17, 15) is 9.18 Å². The number of thioether (sulfide) groups is 1. The predicted octanol–water partition coefficient (Wildman–Crippen LogP) is 4.64. The van der Waals surface area contributed by atoms with Gasteiger partial charge in [0, 0.05) is 13.7 Å². The van der Waals surface area contributed by atoms with Crippen molar-refractivity contribution in [1.29, 1.82) is 0 Å². The van der Waals surface area contributed by atoms with E-state index in [1.807, 2.05) is 24.4 Å². The average Bonchev–Trinajstić information content (AvgIpc) is 3.54. The minimum Gasteiger partial charge on any atom is -0.376 e. The maximum Gasteiger partial charge on any atom is 0.233 e. The second-order valence-corrected chi connectivity index (χ2v) is 9.44. The van der Waals surface area contributed by atoms with Gasteiger partial charge in [0.25, 0.3) is 0 Å². The fourth-order valence-electron chi connectivity index (χ4n) is 3.55. The van der Waals surface area contributed by atoms with Gasteiger partial charge in [-0.25, -0.2) is 4.39 Å². The minimum absolute atomic E-state index is 0.0221. The molecule has 6 nitrogen and oxygen atoms in total. The third-order valence-corrected chi connectivity index (χ3v) is 7.34. The Hall–Kier alpha value is -2.23. The minimum atomic E-state index is -0.285. The number of nitrogens with zero attached hydrogens (tertiary/aromatic N) is 4. The lowest BCUT2D eigenvalue weighted by molar-refractivity contribution is -0.128. The first-order valence-electron chi connectivity index (χ1n) is 10.3. The van der Waals surface area contributed by atoms with Crippen LogP contribution in [0.25, 0.3) is 10.7 Å². The standard InChI is InChI=1S/C22H25FN4O2S2/c1-15(16-7-9-17(23)10-8-16)26(2)20(28)14-31-22-25-24-21(19-6-4-12-30-19)27(22)13-18-5-3-11-29-18/h4,6-10,12,15,18H,3,5,11,13-14H2,1-2H3. The summed E-state index contributed by atoms with van der Waals surface area (Å²) < 4.78 is 21.1. The zero-order chi connectivity index (χ0) is 21.8. The van der Waals surface area contributed by atoms with Crippen LogP contribution in [0.15, 0.2) is 46.9 Å². The van der Waals surface area contributed by atoms with E-state index in [-0.39, 0.29) is 29.6 Å². The number of benzene rings is 1. The lowest BCUT2D eigenvalue weighted by atomic mass is 10.1. The molecule has 31 heavy (non-hydrogen) atoms. The van der Waals surface area contributed by atoms with Crippen molar-refractivity contribution in [2.75, 3.05) is 19.4 Å². The Morgan fingerprint density at radius 2 is 2.16 bits per heavy atom. The first-order valence-corrected chi connectivity index (χ1v) is 12.1. The van der Waals surface area contributed by atoms with E-state index in [0.717, 1.165) is 40.9 Å². The van der Waals surface area contributed by atoms with E-state index in [2.05, 4.69) is 14.8 Å². The van der Waals surface area contributed by atoms with E-state index in [4.69, 9.17) is 4.74 Å². The highest BCUT2D eigenvalue weighted by Gasteiger charge is 2.24. The van der Waals surface area contributed by atoms with Crippen molar-refractivity contribution in [2.24, 2.45) is 0 Å². The van der Waals surface area contributed by atoms with Crippen LogP contribution in [0.1, 0.15) is 31.4 Å². The van der Waals surface area contributed by atoms with Crippen LogP contribution in [0.2, 0.25) is 0 Å². The fourth-order valence-corrected chi connectivity index (χ4v) is 5.14. The number of carbonyl (C=O) groups excluding carboxylic acids is 1. The number of aromatic nitrogens is 3. The topological polar surface area (TPSA) is 60.2 Å². The molecule has 1 aromatic carbocycles. The SMILES string of the molecule is CC(c1ccc(F)cc1)N(C)C(=O)CSc1nnc(-c2cccs2)n1CC1CCCO1. The van der Waals surface area contributed by atoms with Gasteiger partial charge in [-0.1, -0.05) is 30.0 Å². The van der Waals surface area contributed by atoms with Crippen molar-refractivity contribution < 1.29 is 13.9 Å². The van der Waals surface area contributed by atoms with Crippen molar-refractivity contribution in [3.8, 4) is 10.7 Å². The van der Waals surface area contributed by atoms with Gasteiger partial charge in [-0.05, 0) is 48.9 Å². The molecule has 3 aromatic rings. The van der Waals surface area contributed by atoms with E-state index in [0.29, 0.717) is 6.54 Å². The molecule has 0 saturated carbocycles. The molecule has 0 bridgehead atoms. The number of ether oxygens (including phenoxy) is 1. The van der Waals surface area contributed by atoms with Gasteiger partial charge in [0.1, 0.15) is 5.82 Å². The molecule has 2 unspecified atom stereocenters. The van der Waals surface area contributed by atoms with Crippen LogP contribution >= 0.6 is 23.1 Å². The van der Waals surface area contributed by atoms with Gasteiger partial charge in [-0.2, -0.15) is 0 Å². The summed E-state index contributed by atoms with van der Waals surface area (Å²) in [5.41, 5.74) is 0.892. The number of hydrogen-bond donors (Lipinski definition) is 0.